The minimum atomic E-state index is -0.750. The molecular formula is C14H19ClN2O3. The van der Waals surface area contributed by atoms with E-state index in [9.17, 15) is 9.59 Å². The van der Waals surface area contributed by atoms with Crippen molar-refractivity contribution in [1.82, 2.24) is 0 Å². The summed E-state index contributed by atoms with van der Waals surface area (Å²) in [5, 5.41) is 2.75. The second-order valence-electron chi connectivity index (χ2n) is 4.77. The van der Waals surface area contributed by atoms with E-state index in [0.717, 1.165) is 6.42 Å². The number of benzene rings is 1. The highest BCUT2D eigenvalue weighted by Gasteiger charge is 2.40. The Bertz CT molecular complexity index is 501. The van der Waals surface area contributed by atoms with Gasteiger partial charge in [-0.3, -0.25) is 4.79 Å². The zero-order chi connectivity index (χ0) is 13.9. The molecule has 0 atom stereocenters. The van der Waals surface area contributed by atoms with Gasteiger partial charge in [-0.15, -0.1) is 12.4 Å². The monoisotopic (exact) mass is 298 g/mol. The number of halogens is 1. The van der Waals surface area contributed by atoms with Crippen LogP contribution in [-0.4, -0.2) is 24.0 Å². The van der Waals surface area contributed by atoms with E-state index in [1.807, 2.05) is 0 Å². The van der Waals surface area contributed by atoms with Crippen LogP contribution in [0, 0.1) is 0 Å². The standard InChI is InChI=1S/C14H18N2O3.ClH/c1-2-19-12(17)10-5-3-6-11(9-10)16-13(18)14(15)7-4-8-14;/h3,5-6,9H,2,4,7-8,15H2,1H3,(H,16,18);1H. The third kappa shape index (κ3) is 3.49. The number of hydrogen-bond acceptors (Lipinski definition) is 4. The summed E-state index contributed by atoms with van der Waals surface area (Å²) in [5.74, 6) is -0.593. The van der Waals surface area contributed by atoms with Gasteiger partial charge in [-0.05, 0) is 44.4 Å². The Hall–Kier alpha value is -1.59. The van der Waals surface area contributed by atoms with Crippen LogP contribution in [0.15, 0.2) is 24.3 Å². The van der Waals surface area contributed by atoms with Crippen molar-refractivity contribution in [2.24, 2.45) is 5.73 Å². The van der Waals surface area contributed by atoms with E-state index >= 15 is 0 Å². The van der Waals surface area contributed by atoms with Crippen molar-refractivity contribution in [2.75, 3.05) is 11.9 Å². The normalized spacial score (nSPS) is 15.5. The quantitative estimate of drug-likeness (QED) is 0.834. The fraction of sp³-hybridized carbons (Fsp3) is 0.429. The Morgan fingerprint density at radius 1 is 1.40 bits per heavy atom. The average Bonchev–Trinajstić information content (AvgIpc) is 2.36. The fourth-order valence-corrected chi connectivity index (χ4v) is 1.98. The van der Waals surface area contributed by atoms with Crippen LogP contribution in [0.5, 0.6) is 0 Å². The van der Waals surface area contributed by atoms with Crippen LogP contribution in [0.4, 0.5) is 5.69 Å². The van der Waals surface area contributed by atoms with Crippen molar-refractivity contribution < 1.29 is 14.3 Å². The van der Waals surface area contributed by atoms with Gasteiger partial charge >= 0.3 is 5.97 Å². The summed E-state index contributed by atoms with van der Waals surface area (Å²) >= 11 is 0. The van der Waals surface area contributed by atoms with Gasteiger partial charge in [-0.1, -0.05) is 6.07 Å². The number of anilines is 1. The van der Waals surface area contributed by atoms with Gasteiger partial charge in [0.1, 0.15) is 0 Å². The molecule has 0 radical (unpaired) electrons. The van der Waals surface area contributed by atoms with Gasteiger partial charge in [0, 0.05) is 5.69 Å². The predicted molar refractivity (Wildman–Crippen MR) is 79.0 cm³/mol. The molecule has 1 aliphatic carbocycles. The fourth-order valence-electron chi connectivity index (χ4n) is 1.98. The van der Waals surface area contributed by atoms with Crippen molar-refractivity contribution >= 4 is 30.0 Å². The SMILES string of the molecule is CCOC(=O)c1cccc(NC(=O)C2(N)CCC2)c1.Cl. The van der Waals surface area contributed by atoms with E-state index in [1.54, 1.807) is 31.2 Å². The first-order valence-electron chi connectivity index (χ1n) is 6.43. The molecule has 0 spiro atoms. The Balaban J connectivity index is 0.00000200. The van der Waals surface area contributed by atoms with Crippen LogP contribution in [0.3, 0.4) is 0 Å². The third-order valence-electron chi connectivity index (χ3n) is 3.33. The number of nitrogens with one attached hydrogen (secondary N) is 1. The van der Waals surface area contributed by atoms with Gasteiger partial charge in [-0.2, -0.15) is 0 Å². The summed E-state index contributed by atoms with van der Waals surface area (Å²) in [6, 6.07) is 6.67. The maximum atomic E-state index is 12.0. The van der Waals surface area contributed by atoms with Crippen molar-refractivity contribution in [2.45, 2.75) is 31.7 Å². The van der Waals surface area contributed by atoms with E-state index < -0.39 is 11.5 Å². The Kier molecular flexibility index (Phi) is 5.53. The van der Waals surface area contributed by atoms with Gasteiger partial charge in [-0.25, -0.2) is 4.79 Å². The Morgan fingerprint density at radius 3 is 2.65 bits per heavy atom. The van der Waals surface area contributed by atoms with Gasteiger partial charge < -0.3 is 15.8 Å². The summed E-state index contributed by atoms with van der Waals surface area (Å²) in [5.41, 5.74) is 6.16. The molecule has 5 nitrogen and oxygen atoms in total. The summed E-state index contributed by atoms with van der Waals surface area (Å²) < 4.78 is 4.91. The second-order valence-corrected chi connectivity index (χ2v) is 4.77. The summed E-state index contributed by atoms with van der Waals surface area (Å²) in [6.45, 7) is 2.07. The number of rotatable bonds is 4. The largest absolute Gasteiger partial charge is 0.462 e. The number of carbonyl (C=O) groups is 2. The molecule has 1 aromatic rings. The Labute approximate surface area is 124 Å². The maximum absolute atomic E-state index is 12.0. The van der Waals surface area contributed by atoms with E-state index in [2.05, 4.69) is 5.32 Å². The van der Waals surface area contributed by atoms with Gasteiger partial charge in [0.15, 0.2) is 0 Å². The second kappa shape index (κ2) is 6.72. The van der Waals surface area contributed by atoms with Crippen molar-refractivity contribution in [3.05, 3.63) is 29.8 Å². The molecule has 1 fully saturated rings. The lowest BCUT2D eigenvalue weighted by molar-refractivity contribution is -0.123. The molecule has 1 aliphatic rings. The molecule has 0 aliphatic heterocycles. The van der Waals surface area contributed by atoms with E-state index in [1.165, 1.54) is 0 Å². The molecule has 0 unspecified atom stereocenters. The number of amides is 1. The van der Waals surface area contributed by atoms with Crippen LogP contribution in [0.1, 0.15) is 36.5 Å². The molecule has 2 rings (SSSR count). The predicted octanol–water partition coefficient (Wildman–Crippen LogP) is 2.10. The molecule has 0 saturated heterocycles. The molecule has 1 saturated carbocycles. The number of nitrogens with two attached hydrogens (primary N) is 1. The minimum Gasteiger partial charge on any atom is -0.462 e. The molecule has 6 heteroatoms. The first kappa shape index (κ1) is 16.5. The lowest BCUT2D eigenvalue weighted by atomic mass is 9.77. The molecule has 0 heterocycles. The molecule has 0 aromatic heterocycles. The van der Waals surface area contributed by atoms with Crippen LogP contribution in [-0.2, 0) is 9.53 Å². The zero-order valence-electron chi connectivity index (χ0n) is 11.3. The minimum absolute atomic E-state index is 0. The van der Waals surface area contributed by atoms with Crippen LogP contribution in [0.25, 0.3) is 0 Å². The molecule has 20 heavy (non-hydrogen) atoms. The molecule has 110 valence electrons. The van der Waals surface area contributed by atoms with Gasteiger partial charge in [0.25, 0.3) is 0 Å². The van der Waals surface area contributed by atoms with Crippen molar-refractivity contribution in [3.63, 3.8) is 0 Å². The highest BCUT2D eigenvalue weighted by Crippen LogP contribution is 2.30. The topological polar surface area (TPSA) is 81.4 Å². The number of carbonyl (C=O) groups excluding carboxylic acids is 2. The van der Waals surface area contributed by atoms with E-state index in [-0.39, 0.29) is 18.3 Å². The van der Waals surface area contributed by atoms with E-state index in [0.29, 0.717) is 30.7 Å². The lowest BCUT2D eigenvalue weighted by Gasteiger charge is -2.36. The first-order chi connectivity index (χ1) is 9.05. The van der Waals surface area contributed by atoms with Crippen molar-refractivity contribution in [3.8, 4) is 0 Å². The average molecular weight is 299 g/mol. The third-order valence-corrected chi connectivity index (χ3v) is 3.33. The van der Waals surface area contributed by atoms with Crippen molar-refractivity contribution in [1.29, 1.82) is 0 Å². The summed E-state index contributed by atoms with van der Waals surface area (Å²) in [6.07, 6.45) is 2.39. The Morgan fingerprint density at radius 2 is 2.10 bits per heavy atom. The summed E-state index contributed by atoms with van der Waals surface area (Å²) in [4.78, 5) is 23.6. The first-order valence-corrected chi connectivity index (χ1v) is 6.43. The highest BCUT2D eigenvalue weighted by molar-refractivity contribution is 5.99. The molecule has 0 bridgehead atoms. The van der Waals surface area contributed by atoms with E-state index in [4.69, 9.17) is 10.5 Å². The number of esters is 1. The maximum Gasteiger partial charge on any atom is 0.338 e. The molecule has 1 amide bonds. The number of ether oxygens (including phenoxy) is 1. The van der Waals surface area contributed by atoms with Crippen LogP contribution < -0.4 is 11.1 Å². The van der Waals surface area contributed by atoms with Crippen LogP contribution >= 0.6 is 12.4 Å². The highest BCUT2D eigenvalue weighted by atomic mass is 35.5. The van der Waals surface area contributed by atoms with Crippen LogP contribution in [0.2, 0.25) is 0 Å². The molecule has 3 N–H and O–H groups in total. The smallest absolute Gasteiger partial charge is 0.338 e. The number of hydrogen-bond donors (Lipinski definition) is 2. The van der Waals surface area contributed by atoms with Gasteiger partial charge in [0.2, 0.25) is 5.91 Å². The lowest BCUT2D eigenvalue weighted by Crippen LogP contribution is -2.56. The summed E-state index contributed by atoms with van der Waals surface area (Å²) in [7, 11) is 0. The zero-order valence-corrected chi connectivity index (χ0v) is 12.2. The molecular weight excluding hydrogens is 280 g/mol. The van der Waals surface area contributed by atoms with Gasteiger partial charge in [0.05, 0.1) is 17.7 Å². The molecule has 1 aromatic carbocycles.